The average Bonchev–Trinajstić information content (AvgIpc) is 3.04. The second-order valence-corrected chi connectivity index (χ2v) is 9.86. The van der Waals surface area contributed by atoms with E-state index >= 15 is 0 Å². The fourth-order valence-electron chi connectivity index (χ4n) is 5.54. The number of hydrogen-bond donors (Lipinski definition) is 2. The zero-order chi connectivity index (χ0) is 23.3. The number of carboxylic acids is 1. The first-order chi connectivity index (χ1) is 15.0. The van der Waals surface area contributed by atoms with Gasteiger partial charge < -0.3 is 25.4 Å². The van der Waals surface area contributed by atoms with E-state index in [-0.39, 0.29) is 18.9 Å². The highest BCUT2D eigenvalue weighted by atomic mass is 16.5. The number of carboxylic acid groups (broad SMARTS) is 1. The number of amides is 1. The summed E-state index contributed by atoms with van der Waals surface area (Å²) in [5, 5.41) is 26.2. The summed E-state index contributed by atoms with van der Waals surface area (Å²) in [5.41, 5.74) is 2.47. The molecule has 1 saturated heterocycles. The largest absolute Gasteiger partial charge is 0.784 e. The molecule has 7 nitrogen and oxygen atoms in total. The predicted molar refractivity (Wildman–Crippen MR) is 121 cm³/mol. The lowest BCUT2D eigenvalue weighted by Crippen LogP contribution is -2.69. The Hall–Kier alpha value is -2.90. The summed E-state index contributed by atoms with van der Waals surface area (Å²) >= 11 is 0. The fraction of sp³-hybridized carbons (Fsp3) is 0.440. The summed E-state index contributed by atoms with van der Waals surface area (Å²) in [7, 11) is 0. The minimum absolute atomic E-state index is 0.0835. The van der Waals surface area contributed by atoms with Gasteiger partial charge in [0.05, 0.1) is 5.92 Å². The SMILES string of the molecule is CC1(C)CC(NC(=O)OCC2c3ccccc3-c3ccccc32)C(C(=O)O)C(C)(C)N1[O-]. The molecule has 170 valence electrons. The Labute approximate surface area is 188 Å². The maximum atomic E-state index is 12.8. The molecule has 4 rings (SSSR count). The molecule has 2 atom stereocenters. The number of nitrogens with zero attached hydrogens (tertiary/aromatic N) is 1. The molecule has 0 aromatic heterocycles. The van der Waals surface area contributed by atoms with Gasteiger partial charge in [-0.2, -0.15) is 0 Å². The van der Waals surface area contributed by atoms with E-state index in [0.717, 1.165) is 27.3 Å². The van der Waals surface area contributed by atoms with Crippen LogP contribution in [0, 0.1) is 11.1 Å². The Bertz CT molecular complexity index is 1000. The number of hydrogen-bond acceptors (Lipinski definition) is 5. The molecule has 1 heterocycles. The number of carbonyl (C=O) groups is 2. The van der Waals surface area contributed by atoms with Crippen LogP contribution in [0.1, 0.15) is 51.2 Å². The van der Waals surface area contributed by atoms with Crippen LogP contribution in [0.25, 0.3) is 11.1 Å². The van der Waals surface area contributed by atoms with Gasteiger partial charge in [-0.15, -0.1) is 0 Å². The number of aliphatic carboxylic acids is 1. The monoisotopic (exact) mass is 437 g/mol. The molecule has 7 heteroatoms. The number of piperidine rings is 1. The molecule has 0 spiro atoms. The number of ether oxygens (including phenoxy) is 1. The van der Waals surface area contributed by atoms with Crippen molar-refractivity contribution in [3.8, 4) is 11.1 Å². The molecule has 0 bridgehead atoms. The summed E-state index contributed by atoms with van der Waals surface area (Å²) in [6.07, 6.45) is -0.463. The summed E-state index contributed by atoms with van der Waals surface area (Å²) in [6.45, 7) is 6.86. The first-order valence-corrected chi connectivity index (χ1v) is 10.9. The third-order valence-electron chi connectivity index (χ3n) is 6.87. The van der Waals surface area contributed by atoms with Crippen LogP contribution in [0.2, 0.25) is 0 Å². The molecule has 0 radical (unpaired) electrons. The quantitative estimate of drug-likeness (QED) is 0.737. The molecule has 2 aliphatic rings. The van der Waals surface area contributed by atoms with E-state index < -0.39 is 35.1 Å². The van der Waals surface area contributed by atoms with Gasteiger partial charge in [0.2, 0.25) is 0 Å². The lowest BCUT2D eigenvalue weighted by Gasteiger charge is -2.62. The van der Waals surface area contributed by atoms with Gasteiger partial charge in [0.1, 0.15) is 6.61 Å². The zero-order valence-corrected chi connectivity index (χ0v) is 18.8. The number of alkyl carbamates (subject to hydrolysis) is 1. The lowest BCUT2D eigenvalue weighted by molar-refractivity contribution is -0.154. The van der Waals surface area contributed by atoms with Gasteiger partial charge in [-0.1, -0.05) is 48.5 Å². The van der Waals surface area contributed by atoms with E-state index in [1.54, 1.807) is 27.7 Å². The van der Waals surface area contributed by atoms with Crippen LogP contribution in [0.4, 0.5) is 4.79 Å². The van der Waals surface area contributed by atoms with Crippen molar-refractivity contribution in [2.24, 2.45) is 5.92 Å². The van der Waals surface area contributed by atoms with Crippen molar-refractivity contribution in [1.29, 1.82) is 0 Å². The number of carbonyl (C=O) groups excluding carboxylic acids is 1. The molecule has 0 saturated carbocycles. The standard InChI is InChI=1S/C25H29N2O5/c1-24(2)13-20(21(22(28)29)25(3,4)27(24)31)26-23(30)32-14-19-17-11-7-5-9-15(17)16-10-6-8-12-18(16)19/h5-12,19-21H,13-14H2,1-4H3,(H,26,30)(H,28,29)/q-1. The molecule has 2 aromatic rings. The van der Waals surface area contributed by atoms with Gasteiger partial charge in [-0.3, -0.25) is 4.79 Å². The minimum atomic E-state index is -1.19. The van der Waals surface area contributed by atoms with Gasteiger partial charge in [0.15, 0.2) is 0 Å². The zero-order valence-electron chi connectivity index (χ0n) is 18.8. The summed E-state index contributed by atoms with van der Waals surface area (Å²) in [4.78, 5) is 24.7. The molecular formula is C25H29N2O5-. The van der Waals surface area contributed by atoms with Crippen LogP contribution in [0.3, 0.4) is 0 Å². The van der Waals surface area contributed by atoms with Crippen LogP contribution in [0.5, 0.6) is 0 Å². The Kier molecular flexibility index (Phi) is 5.51. The maximum Gasteiger partial charge on any atom is 0.407 e. The molecule has 2 aromatic carbocycles. The molecule has 2 N–H and O–H groups in total. The van der Waals surface area contributed by atoms with E-state index in [2.05, 4.69) is 17.4 Å². The van der Waals surface area contributed by atoms with E-state index in [1.807, 2.05) is 36.4 Å². The van der Waals surface area contributed by atoms with E-state index in [9.17, 15) is 19.9 Å². The second-order valence-electron chi connectivity index (χ2n) is 9.86. The number of rotatable bonds is 4. The first kappa shape index (κ1) is 22.3. The summed E-state index contributed by atoms with van der Waals surface area (Å²) < 4.78 is 5.60. The fourth-order valence-corrected chi connectivity index (χ4v) is 5.54. The number of fused-ring (bicyclic) bond motifs is 3. The smallest absolute Gasteiger partial charge is 0.407 e. The molecule has 1 aliphatic heterocycles. The first-order valence-electron chi connectivity index (χ1n) is 10.9. The van der Waals surface area contributed by atoms with Crippen molar-refractivity contribution in [2.75, 3.05) is 6.61 Å². The Balaban J connectivity index is 1.50. The topological polar surface area (TPSA) is 102 Å². The Morgan fingerprint density at radius 1 is 1.06 bits per heavy atom. The Morgan fingerprint density at radius 3 is 2.12 bits per heavy atom. The van der Waals surface area contributed by atoms with Gasteiger partial charge in [0.25, 0.3) is 0 Å². The van der Waals surface area contributed by atoms with Crippen molar-refractivity contribution in [1.82, 2.24) is 10.4 Å². The van der Waals surface area contributed by atoms with Gasteiger partial charge >= 0.3 is 12.1 Å². The van der Waals surface area contributed by atoms with E-state index in [1.165, 1.54) is 0 Å². The number of hydroxylamine groups is 2. The van der Waals surface area contributed by atoms with Gasteiger partial charge in [0, 0.05) is 23.0 Å². The summed E-state index contributed by atoms with van der Waals surface area (Å²) in [6, 6.07) is 15.4. The average molecular weight is 438 g/mol. The third kappa shape index (κ3) is 3.65. The van der Waals surface area contributed by atoms with Crippen LogP contribution in [-0.2, 0) is 9.53 Å². The van der Waals surface area contributed by atoms with Gasteiger partial charge in [-0.25, -0.2) is 4.79 Å². The van der Waals surface area contributed by atoms with Crippen LogP contribution in [0.15, 0.2) is 48.5 Å². The van der Waals surface area contributed by atoms with E-state index in [0.29, 0.717) is 0 Å². The predicted octanol–water partition coefficient (Wildman–Crippen LogP) is 4.36. The van der Waals surface area contributed by atoms with Gasteiger partial charge in [-0.05, 0) is 56.4 Å². The highest BCUT2D eigenvalue weighted by Gasteiger charge is 2.51. The van der Waals surface area contributed by atoms with Crippen molar-refractivity contribution in [2.45, 2.75) is 57.2 Å². The van der Waals surface area contributed by atoms with Crippen molar-refractivity contribution in [3.63, 3.8) is 0 Å². The van der Waals surface area contributed by atoms with Crippen molar-refractivity contribution >= 4 is 12.1 Å². The van der Waals surface area contributed by atoms with E-state index in [4.69, 9.17) is 4.74 Å². The number of benzene rings is 2. The molecular weight excluding hydrogens is 408 g/mol. The summed E-state index contributed by atoms with van der Waals surface area (Å²) in [5.74, 6) is -2.26. The van der Waals surface area contributed by atoms with Crippen molar-refractivity contribution < 1.29 is 19.4 Å². The molecule has 1 amide bonds. The molecule has 2 unspecified atom stereocenters. The van der Waals surface area contributed by atoms with Crippen LogP contribution < -0.4 is 5.32 Å². The van der Waals surface area contributed by atoms with Crippen LogP contribution in [-0.4, -0.2) is 46.0 Å². The lowest BCUT2D eigenvalue weighted by atomic mass is 9.71. The molecule has 1 aliphatic carbocycles. The Morgan fingerprint density at radius 2 is 1.59 bits per heavy atom. The highest BCUT2D eigenvalue weighted by Crippen LogP contribution is 2.45. The second kappa shape index (κ2) is 7.90. The normalized spacial score (nSPS) is 23.8. The minimum Gasteiger partial charge on any atom is -0.784 e. The van der Waals surface area contributed by atoms with Crippen LogP contribution >= 0.6 is 0 Å². The number of nitrogens with one attached hydrogen (secondary N) is 1. The van der Waals surface area contributed by atoms with Crippen molar-refractivity contribution in [3.05, 3.63) is 64.9 Å². The third-order valence-corrected chi connectivity index (χ3v) is 6.87. The molecule has 1 fully saturated rings. The maximum absolute atomic E-state index is 12.8. The molecule has 32 heavy (non-hydrogen) atoms. The highest BCUT2D eigenvalue weighted by molar-refractivity contribution is 5.79.